The predicted molar refractivity (Wildman–Crippen MR) is 146 cm³/mol. The van der Waals surface area contributed by atoms with E-state index in [1.54, 1.807) is 0 Å². The number of aromatic nitrogens is 4. The molecule has 1 atom stereocenters. The lowest BCUT2D eigenvalue weighted by Crippen LogP contribution is -2.63. The van der Waals surface area contributed by atoms with Gasteiger partial charge in [-0.05, 0) is 23.3 Å². The van der Waals surface area contributed by atoms with Crippen molar-refractivity contribution < 1.29 is 40.6 Å². The maximum atomic E-state index is 16.3. The Bertz CT molecular complexity index is 1630. The van der Waals surface area contributed by atoms with Crippen LogP contribution < -0.4 is 26.6 Å². The molecule has 4 aromatic rings. The molecule has 0 aliphatic rings. The van der Waals surface area contributed by atoms with Crippen molar-refractivity contribution >= 4 is 68.9 Å². The van der Waals surface area contributed by atoms with Crippen LogP contribution >= 0.6 is 0 Å². The highest BCUT2D eigenvalue weighted by molar-refractivity contribution is 6.61. The van der Waals surface area contributed by atoms with Gasteiger partial charge in [-0.15, -0.1) is 0 Å². The average Bonchev–Trinajstić information content (AvgIpc) is 3.47. The molecule has 0 aliphatic heterocycles. The minimum absolute atomic E-state index is 0.102. The second kappa shape index (κ2) is 11.1. The van der Waals surface area contributed by atoms with E-state index in [-0.39, 0.29) is 17.2 Å². The molecule has 1 unspecified atom stereocenters. The normalized spacial score (nSPS) is 14.0. The van der Waals surface area contributed by atoms with Crippen molar-refractivity contribution in [2.45, 2.75) is 23.0 Å². The van der Waals surface area contributed by atoms with Crippen LogP contribution in [0.2, 0.25) is 0 Å². The number of hydrogen-bond acceptors (Lipinski definition) is 5. The molecule has 0 aliphatic carbocycles. The number of halogens is 7. The Hall–Kier alpha value is -3.61. The largest absolute Gasteiger partial charge is 0.485 e. The van der Waals surface area contributed by atoms with E-state index in [1.165, 1.54) is 0 Å². The summed E-state index contributed by atoms with van der Waals surface area (Å²) in [4.78, 5) is 7.21. The molecule has 1 N–H and O–H groups in total. The molecule has 0 bridgehead atoms. The summed E-state index contributed by atoms with van der Waals surface area (Å²) in [5.41, 5.74) is -8.50. The molecule has 2 aromatic carbocycles. The first kappa shape index (κ1) is 32.3. The van der Waals surface area contributed by atoms with Gasteiger partial charge in [0.1, 0.15) is 67.1 Å². The van der Waals surface area contributed by atoms with Gasteiger partial charge in [0.15, 0.2) is 12.2 Å². The Kier molecular flexibility index (Phi) is 8.37. The molecule has 6 nitrogen and oxygen atoms in total. The summed E-state index contributed by atoms with van der Waals surface area (Å²) in [6.45, 7) is -1.76. The first-order valence-corrected chi connectivity index (χ1v) is 11.8. The van der Waals surface area contributed by atoms with E-state index < -0.39 is 80.1 Å². The lowest BCUT2D eigenvalue weighted by molar-refractivity contribution is -0.219. The number of ether oxygens (including phenoxy) is 1. The number of benzene rings is 2. The van der Waals surface area contributed by atoms with Crippen molar-refractivity contribution in [1.29, 1.82) is 0 Å². The first-order chi connectivity index (χ1) is 19.8. The van der Waals surface area contributed by atoms with Gasteiger partial charge in [0.05, 0.1) is 15.7 Å². The third kappa shape index (κ3) is 5.47. The number of nitrogens with zero attached hydrogens (tertiary/aromatic N) is 4. The van der Waals surface area contributed by atoms with Crippen LogP contribution in [0.1, 0.15) is 11.3 Å². The molecule has 19 heteroatoms. The van der Waals surface area contributed by atoms with Crippen molar-refractivity contribution in [3.8, 4) is 16.9 Å². The van der Waals surface area contributed by atoms with E-state index in [0.717, 1.165) is 24.9 Å². The van der Waals surface area contributed by atoms with Crippen LogP contribution in [0, 0.1) is 11.6 Å². The smallest absolute Gasteiger partial charge is 0.422 e. The highest BCUT2D eigenvalue weighted by Crippen LogP contribution is 2.52. The summed E-state index contributed by atoms with van der Waals surface area (Å²) in [7, 11) is 35.5. The summed E-state index contributed by atoms with van der Waals surface area (Å²) >= 11 is 0. The topological polar surface area (TPSA) is 73.1 Å². The summed E-state index contributed by atoms with van der Waals surface area (Å²) < 4.78 is 104. The molecule has 0 amide bonds. The van der Waals surface area contributed by atoms with Crippen molar-refractivity contribution in [2.75, 3.05) is 6.61 Å². The van der Waals surface area contributed by atoms with E-state index in [0.29, 0.717) is 22.9 Å². The predicted octanol–water partition coefficient (Wildman–Crippen LogP) is -0.638. The van der Waals surface area contributed by atoms with Gasteiger partial charge < -0.3 is 9.84 Å². The zero-order valence-corrected chi connectivity index (χ0v) is 21.6. The number of alkyl halides is 5. The van der Waals surface area contributed by atoms with Crippen LogP contribution in [0.4, 0.5) is 30.7 Å². The van der Waals surface area contributed by atoms with Crippen molar-refractivity contribution in [3.05, 3.63) is 72.1 Å². The summed E-state index contributed by atoms with van der Waals surface area (Å²) in [5.74, 6) is -8.07. The van der Waals surface area contributed by atoms with Crippen LogP contribution in [-0.4, -0.2) is 84.7 Å². The fourth-order valence-electron chi connectivity index (χ4n) is 4.32. The molecule has 206 valence electrons. The van der Waals surface area contributed by atoms with Gasteiger partial charge in [0.25, 0.3) is 0 Å². The molecule has 12 radical (unpaired) electrons. The van der Waals surface area contributed by atoms with Crippen LogP contribution in [0.3, 0.4) is 0 Å². The Morgan fingerprint density at radius 2 is 1.51 bits per heavy atom. The highest BCUT2D eigenvalue weighted by atomic mass is 19.4. The molecule has 0 saturated carbocycles. The lowest BCUT2D eigenvalue weighted by atomic mass is 9.49. The maximum Gasteiger partial charge on any atom is 0.422 e. The standard InChI is InChI=1S/C24H11B6F7N4O2/c25-16-15(17(26)19(28)20(18(16)27)43-7-21(33,34)35)10-1-4-14(39-6-10)23(36,37)22(42,12-3-2-11(31)5-13(12)32)24(29,30)41-9-38-8-40-41/h1-6,8-9,42H,7H2. The Morgan fingerprint density at radius 1 is 0.884 bits per heavy atom. The molecule has 2 heterocycles. The van der Waals surface area contributed by atoms with E-state index in [4.69, 9.17) is 47.1 Å². The fourth-order valence-corrected chi connectivity index (χ4v) is 4.32. The number of aliphatic hydroxyl groups is 1. The monoisotopic (exact) mass is 586 g/mol. The zero-order valence-electron chi connectivity index (χ0n) is 21.6. The molecule has 43 heavy (non-hydrogen) atoms. The van der Waals surface area contributed by atoms with Crippen LogP contribution in [-0.2, 0) is 16.9 Å². The zero-order chi connectivity index (χ0) is 32.1. The van der Waals surface area contributed by atoms with Gasteiger partial charge >= 0.3 is 12.1 Å². The third-order valence-corrected chi connectivity index (χ3v) is 6.52. The average molecular weight is 585 g/mol. The van der Waals surface area contributed by atoms with Crippen LogP contribution in [0.5, 0.6) is 5.75 Å². The molecular weight excluding hydrogens is 574 g/mol. The summed E-state index contributed by atoms with van der Waals surface area (Å²) in [6.07, 6.45) is -2.33. The second-order valence-corrected chi connectivity index (χ2v) is 9.27. The Labute approximate surface area is 247 Å². The first-order valence-electron chi connectivity index (χ1n) is 11.8. The van der Waals surface area contributed by atoms with E-state index in [2.05, 4.69) is 19.8 Å². The minimum atomic E-state index is -4.75. The third-order valence-electron chi connectivity index (χ3n) is 6.52. The number of rotatable bonds is 8. The van der Waals surface area contributed by atoms with Gasteiger partial charge in [-0.3, -0.25) is 9.67 Å². The second-order valence-electron chi connectivity index (χ2n) is 9.27. The van der Waals surface area contributed by atoms with Gasteiger partial charge in [-0.2, -0.15) is 27.1 Å². The maximum absolute atomic E-state index is 16.3. The number of pyridine rings is 1. The SMILES string of the molecule is [B]c1c([B])c(-c2ccc(C(F)(F)C(O)(c3ccc(F)cc3F)C([B])([B])n3cncn3)nc2)c([B])c([B])c1OCC(F)(F)F. The molecular formula is C24H11B6F7N4O2. The van der Waals surface area contributed by atoms with Crippen LogP contribution in [0.25, 0.3) is 11.1 Å². The molecule has 2 aromatic heterocycles. The molecule has 4 rings (SSSR count). The quantitative estimate of drug-likeness (QED) is 0.220. The molecule has 0 saturated heterocycles. The molecule has 0 fully saturated rings. The minimum Gasteiger partial charge on any atom is -0.485 e. The van der Waals surface area contributed by atoms with Gasteiger partial charge in [0.2, 0.25) is 0 Å². The summed E-state index contributed by atoms with van der Waals surface area (Å²) in [5, 5.41) is 12.0. The van der Waals surface area contributed by atoms with Crippen molar-refractivity contribution in [1.82, 2.24) is 19.7 Å². The van der Waals surface area contributed by atoms with Gasteiger partial charge in [-0.25, -0.2) is 13.8 Å². The fraction of sp³-hybridized carbons (Fsp3) is 0.208. The van der Waals surface area contributed by atoms with Crippen molar-refractivity contribution in [2.24, 2.45) is 0 Å². The van der Waals surface area contributed by atoms with E-state index in [1.807, 2.05) is 0 Å². The van der Waals surface area contributed by atoms with E-state index >= 15 is 8.78 Å². The van der Waals surface area contributed by atoms with Gasteiger partial charge in [0, 0.05) is 23.2 Å². The molecule has 0 spiro atoms. The van der Waals surface area contributed by atoms with Gasteiger partial charge in [-0.1, -0.05) is 34.0 Å². The van der Waals surface area contributed by atoms with Crippen LogP contribution in [0.15, 0.2) is 49.2 Å². The van der Waals surface area contributed by atoms with E-state index in [9.17, 15) is 27.1 Å². The summed E-state index contributed by atoms with van der Waals surface area (Å²) in [6, 6.07) is 2.98. The lowest BCUT2D eigenvalue weighted by Gasteiger charge is -2.47. The highest BCUT2D eigenvalue weighted by Gasteiger charge is 2.65. The Balaban J connectivity index is 1.84. The number of hydrogen-bond donors (Lipinski definition) is 1. The Morgan fingerprint density at radius 3 is 2.00 bits per heavy atom. The van der Waals surface area contributed by atoms with Crippen molar-refractivity contribution in [3.63, 3.8) is 0 Å².